The number of thiophene rings is 1. The van der Waals surface area contributed by atoms with E-state index in [2.05, 4.69) is 12.6 Å². The van der Waals surface area contributed by atoms with E-state index in [9.17, 15) is 4.39 Å². The Morgan fingerprint density at radius 3 is 3.00 bits per heavy atom. The number of thiol groups is 1. The molecule has 0 aliphatic carbocycles. The van der Waals surface area contributed by atoms with E-state index in [0.717, 1.165) is 10.1 Å². The van der Waals surface area contributed by atoms with Crippen LogP contribution in [-0.4, -0.2) is 0 Å². The van der Waals surface area contributed by atoms with Crippen LogP contribution in [0.1, 0.15) is 0 Å². The van der Waals surface area contributed by atoms with E-state index in [1.165, 1.54) is 6.07 Å². The van der Waals surface area contributed by atoms with Crippen molar-refractivity contribution < 1.29 is 4.39 Å². The van der Waals surface area contributed by atoms with E-state index < -0.39 is 0 Å². The van der Waals surface area contributed by atoms with Gasteiger partial charge in [0.1, 0.15) is 5.82 Å². The molecule has 0 N–H and O–H groups in total. The number of hydrogen-bond donors (Lipinski definition) is 1. The molecule has 2 aromatic rings. The lowest BCUT2D eigenvalue weighted by Crippen LogP contribution is -1.81. The zero-order chi connectivity index (χ0) is 8.72. The Kier molecular flexibility index (Phi) is 2.31. The highest BCUT2D eigenvalue weighted by atomic mass is 127. The molecule has 0 amide bonds. The van der Waals surface area contributed by atoms with Crippen molar-refractivity contribution in [2.24, 2.45) is 0 Å². The van der Waals surface area contributed by atoms with Crippen LogP contribution in [0.25, 0.3) is 10.1 Å². The summed E-state index contributed by atoms with van der Waals surface area (Å²) in [5.41, 5.74) is 0. The van der Waals surface area contributed by atoms with Gasteiger partial charge >= 0.3 is 0 Å². The highest BCUT2D eigenvalue weighted by molar-refractivity contribution is 14.1. The fourth-order valence-corrected chi connectivity index (χ4v) is 3.10. The molecule has 0 fully saturated rings. The van der Waals surface area contributed by atoms with Crippen molar-refractivity contribution >= 4 is 56.6 Å². The van der Waals surface area contributed by atoms with Gasteiger partial charge in [-0.1, -0.05) is 0 Å². The van der Waals surface area contributed by atoms with Gasteiger partial charge in [0, 0.05) is 10.3 Å². The standard InChI is InChI=1S/C8H4FIS2/c9-5-3-6(11)4-1-2-12-8(4)7(5)10/h1-3,11H. The smallest absolute Gasteiger partial charge is 0.139 e. The number of rotatable bonds is 0. The van der Waals surface area contributed by atoms with Crippen LogP contribution in [0.15, 0.2) is 22.4 Å². The van der Waals surface area contributed by atoms with Crippen molar-refractivity contribution in [3.05, 3.63) is 26.9 Å². The first-order valence-electron chi connectivity index (χ1n) is 3.24. The van der Waals surface area contributed by atoms with Crippen LogP contribution in [-0.2, 0) is 0 Å². The van der Waals surface area contributed by atoms with Crippen LogP contribution in [0.4, 0.5) is 4.39 Å². The highest BCUT2D eigenvalue weighted by Crippen LogP contribution is 2.32. The number of halogens is 2. The molecule has 0 atom stereocenters. The molecule has 0 saturated heterocycles. The molecule has 0 saturated carbocycles. The highest BCUT2D eigenvalue weighted by Gasteiger charge is 2.08. The minimum Gasteiger partial charge on any atom is -0.206 e. The molecule has 62 valence electrons. The normalized spacial score (nSPS) is 10.9. The molecule has 1 heterocycles. The first-order chi connectivity index (χ1) is 5.70. The maximum absolute atomic E-state index is 13.1. The molecule has 12 heavy (non-hydrogen) atoms. The Balaban J connectivity index is 2.97. The minimum atomic E-state index is -0.185. The molecule has 0 aliphatic rings. The van der Waals surface area contributed by atoms with Gasteiger partial charge in [0.15, 0.2) is 0 Å². The quantitative estimate of drug-likeness (QED) is 0.553. The fourth-order valence-electron chi connectivity index (χ4n) is 1.05. The van der Waals surface area contributed by atoms with Gasteiger partial charge in [-0.05, 0) is 40.1 Å². The van der Waals surface area contributed by atoms with Crippen molar-refractivity contribution in [3.8, 4) is 0 Å². The van der Waals surface area contributed by atoms with Crippen molar-refractivity contribution in [3.63, 3.8) is 0 Å². The summed E-state index contributed by atoms with van der Waals surface area (Å²) in [7, 11) is 0. The lowest BCUT2D eigenvalue weighted by atomic mass is 10.2. The number of hydrogen-bond acceptors (Lipinski definition) is 2. The van der Waals surface area contributed by atoms with Gasteiger partial charge in [-0.3, -0.25) is 0 Å². The molecular formula is C8H4FIS2. The lowest BCUT2D eigenvalue weighted by Gasteiger charge is -1.98. The predicted molar refractivity (Wildman–Crippen MR) is 61.8 cm³/mol. The van der Waals surface area contributed by atoms with E-state index in [0.29, 0.717) is 8.47 Å². The molecule has 0 bridgehead atoms. The molecule has 0 spiro atoms. The molecule has 1 aromatic carbocycles. The molecule has 2 rings (SSSR count). The van der Waals surface area contributed by atoms with E-state index in [1.807, 2.05) is 34.0 Å². The molecule has 1 aromatic heterocycles. The zero-order valence-electron chi connectivity index (χ0n) is 5.84. The second-order valence-corrected chi connectivity index (χ2v) is 4.83. The maximum atomic E-state index is 13.1. The van der Waals surface area contributed by atoms with Crippen LogP contribution >= 0.6 is 46.6 Å². The molecular weight excluding hydrogens is 306 g/mol. The van der Waals surface area contributed by atoms with Gasteiger partial charge in [-0.2, -0.15) is 0 Å². The Morgan fingerprint density at radius 1 is 1.50 bits per heavy atom. The molecule has 0 nitrogen and oxygen atoms in total. The minimum absolute atomic E-state index is 0.185. The van der Waals surface area contributed by atoms with Crippen molar-refractivity contribution in [2.75, 3.05) is 0 Å². The molecule has 0 radical (unpaired) electrons. The number of fused-ring (bicyclic) bond motifs is 1. The van der Waals surface area contributed by atoms with Gasteiger partial charge in [-0.15, -0.1) is 24.0 Å². The van der Waals surface area contributed by atoms with E-state index in [-0.39, 0.29) is 5.82 Å². The Bertz CT molecular complexity index is 436. The van der Waals surface area contributed by atoms with Crippen LogP contribution in [0, 0.1) is 9.39 Å². The Hall–Kier alpha value is 0.190. The van der Waals surface area contributed by atoms with Gasteiger partial charge in [-0.25, -0.2) is 4.39 Å². The maximum Gasteiger partial charge on any atom is 0.139 e. The summed E-state index contributed by atoms with van der Waals surface area (Å²) in [6, 6.07) is 3.42. The van der Waals surface area contributed by atoms with E-state index in [4.69, 9.17) is 0 Å². The summed E-state index contributed by atoms with van der Waals surface area (Å²) < 4.78 is 14.8. The molecule has 0 unspecified atom stereocenters. The first kappa shape index (κ1) is 8.77. The van der Waals surface area contributed by atoms with Gasteiger partial charge in [0.25, 0.3) is 0 Å². The average Bonchev–Trinajstić information content (AvgIpc) is 2.48. The molecule has 0 aliphatic heterocycles. The SMILES string of the molecule is Fc1cc(S)c2ccsc2c1I. The van der Waals surface area contributed by atoms with Crippen LogP contribution in [0.5, 0.6) is 0 Å². The third-order valence-electron chi connectivity index (χ3n) is 1.61. The summed E-state index contributed by atoms with van der Waals surface area (Å²) >= 11 is 7.76. The Morgan fingerprint density at radius 2 is 2.25 bits per heavy atom. The van der Waals surface area contributed by atoms with Gasteiger partial charge < -0.3 is 0 Å². The number of benzene rings is 1. The topological polar surface area (TPSA) is 0 Å². The second-order valence-electron chi connectivity index (χ2n) is 2.35. The largest absolute Gasteiger partial charge is 0.206 e. The van der Waals surface area contributed by atoms with Crippen molar-refractivity contribution in [1.82, 2.24) is 0 Å². The van der Waals surface area contributed by atoms with E-state index >= 15 is 0 Å². The van der Waals surface area contributed by atoms with Crippen LogP contribution in [0.2, 0.25) is 0 Å². The van der Waals surface area contributed by atoms with Crippen LogP contribution in [0.3, 0.4) is 0 Å². The van der Waals surface area contributed by atoms with Crippen LogP contribution < -0.4 is 0 Å². The summed E-state index contributed by atoms with van der Waals surface area (Å²) in [6.45, 7) is 0. The zero-order valence-corrected chi connectivity index (χ0v) is 9.71. The summed E-state index contributed by atoms with van der Waals surface area (Å²) in [5.74, 6) is -0.185. The third kappa shape index (κ3) is 1.25. The lowest BCUT2D eigenvalue weighted by molar-refractivity contribution is 0.620. The summed E-state index contributed by atoms with van der Waals surface area (Å²) in [4.78, 5) is 0.712. The third-order valence-corrected chi connectivity index (χ3v) is 4.34. The van der Waals surface area contributed by atoms with Gasteiger partial charge in [0.2, 0.25) is 0 Å². The average molecular weight is 310 g/mol. The predicted octanol–water partition coefficient (Wildman–Crippen LogP) is 3.93. The fraction of sp³-hybridized carbons (Fsp3) is 0. The van der Waals surface area contributed by atoms with E-state index in [1.54, 1.807) is 11.3 Å². The first-order valence-corrected chi connectivity index (χ1v) is 5.65. The summed E-state index contributed by atoms with van der Waals surface area (Å²) in [5, 5.41) is 2.99. The second kappa shape index (κ2) is 3.16. The molecule has 4 heteroatoms. The monoisotopic (exact) mass is 310 g/mol. The summed E-state index contributed by atoms with van der Waals surface area (Å²) in [6.07, 6.45) is 0. The Labute approximate surface area is 92.3 Å². The van der Waals surface area contributed by atoms with Gasteiger partial charge in [0.05, 0.1) is 8.27 Å². The van der Waals surface area contributed by atoms with Crippen molar-refractivity contribution in [1.29, 1.82) is 0 Å². The van der Waals surface area contributed by atoms with Crippen molar-refractivity contribution in [2.45, 2.75) is 4.90 Å².